The summed E-state index contributed by atoms with van der Waals surface area (Å²) in [7, 11) is -1.90. The number of anilines is 1. The van der Waals surface area contributed by atoms with Gasteiger partial charge in [0.15, 0.2) is 5.16 Å². The van der Waals surface area contributed by atoms with Crippen LogP contribution in [0.3, 0.4) is 0 Å². The maximum absolute atomic E-state index is 13.0. The van der Waals surface area contributed by atoms with Gasteiger partial charge >= 0.3 is 0 Å². The van der Waals surface area contributed by atoms with Crippen LogP contribution in [0.2, 0.25) is 0 Å². The average Bonchev–Trinajstić information content (AvgIpc) is 3.05. The lowest BCUT2D eigenvalue weighted by Crippen LogP contribution is -2.35. The van der Waals surface area contributed by atoms with Gasteiger partial charge in [0.2, 0.25) is 15.9 Å². The van der Waals surface area contributed by atoms with Crippen LogP contribution in [0.1, 0.15) is 36.2 Å². The van der Waals surface area contributed by atoms with Gasteiger partial charge in [-0.3, -0.25) is 4.79 Å². The Hall–Kier alpha value is -1.88. The van der Waals surface area contributed by atoms with E-state index in [9.17, 15) is 13.2 Å². The van der Waals surface area contributed by atoms with E-state index in [0.29, 0.717) is 31.9 Å². The normalized spacial score (nSPS) is 15.1. The molecule has 0 saturated carbocycles. The number of nitrogens with zero attached hydrogens (tertiary/aromatic N) is 3. The van der Waals surface area contributed by atoms with Gasteiger partial charge in [-0.05, 0) is 51.3 Å². The predicted molar refractivity (Wildman–Crippen MR) is 127 cm³/mol. The fourth-order valence-corrected chi connectivity index (χ4v) is 6.11. The number of carbonyl (C=O) groups excluding carboxylic acids is 1. The number of rotatable bonds is 9. The summed E-state index contributed by atoms with van der Waals surface area (Å²) < 4.78 is 34.7. The number of aryl methyl sites for hydroxylation is 2. The summed E-state index contributed by atoms with van der Waals surface area (Å²) in [5, 5.41) is 3.64. The first-order chi connectivity index (χ1) is 15.2. The summed E-state index contributed by atoms with van der Waals surface area (Å²) in [6.07, 6.45) is 2.82. The Kier molecular flexibility index (Phi) is 8.37. The third-order valence-corrected chi connectivity index (χ3v) is 8.58. The van der Waals surface area contributed by atoms with Gasteiger partial charge in [-0.1, -0.05) is 24.2 Å². The lowest BCUT2D eigenvalue weighted by atomic mass is 10.2. The molecule has 0 unspecified atom stereocenters. The van der Waals surface area contributed by atoms with E-state index in [2.05, 4.69) is 10.3 Å². The number of ether oxygens (including phenoxy) is 1. The van der Waals surface area contributed by atoms with Crippen molar-refractivity contribution in [2.45, 2.75) is 56.6 Å². The van der Waals surface area contributed by atoms with Crippen LogP contribution in [0, 0.1) is 20.8 Å². The number of amides is 1. The van der Waals surface area contributed by atoms with E-state index < -0.39 is 10.0 Å². The van der Waals surface area contributed by atoms with Crippen LogP contribution in [0.15, 0.2) is 28.3 Å². The molecule has 3 rings (SSSR count). The van der Waals surface area contributed by atoms with Gasteiger partial charge in [0.1, 0.15) is 0 Å². The van der Waals surface area contributed by atoms with Crippen molar-refractivity contribution >= 4 is 33.4 Å². The van der Waals surface area contributed by atoms with E-state index in [1.54, 1.807) is 25.3 Å². The van der Waals surface area contributed by atoms with E-state index in [4.69, 9.17) is 4.74 Å². The molecule has 1 aliphatic heterocycles. The van der Waals surface area contributed by atoms with Crippen LogP contribution >= 0.6 is 11.8 Å². The summed E-state index contributed by atoms with van der Waals surface area (Å²) in [5.74, 6) is -0.0342. The highest BCUT2D eigenvalue weighted by molar-refractivity contribution is 7.99. The van der Waals surface area contributed by atoms with Crippen molar-refractivity contribution in [1.82, 2.24) is 13.9 Å². The van der Waals surface area contributed by atoms with Crippen LogP contribution in [0.4, 0.5) is 5.69 Å². The lowest BCUT2D eigenvalue weighted by molar-refractivity contribution is -0.113. The first kappa shape index (κ1) is 24.8. The molecule has 32 heavy (non-hydrogen) atoms. The fourth-order valence-electron chi connectivity index (χ4n) is 3.65. The molecule has 10 heteroatoms. The fraction of sp³-hybridized carbons (Fsp3) is 0.545. The van der Waals surface area contributed by atoms with Gasteiger partial charge in [-0.25, -0.2) is 13.4 Å². The van der Waals surface area contributed by atoms with Crippen LogP contribution in [0.25, 0.3) is 0 Å². The molecule has 2 aromatic rings. The average molecular weight is 481 g/mol. The van der Waals surface area contributed by atoms with Crippen molar-refractivity contribution in [3.63, 3.8) is 0 Å². The number of methoxy groups -OCH3 is 1. The minimum absolute atomic E-state index is 0.172. The number of sulfonamides is 1. The van der Waals surface area contributed by atoms with Gasteiger partial charge in [-0.15, -0.1) is 0 Å². The van der Waals surface area contributed by atoms with E-state index in [-0.39, 0.29) is 16.6 Å². The molecular weight excluding hydrogens is 448 g/mol. The monoisotopic (exact) mass is 480 g/mol. The molecule has 176 valence electrons. The maximum atomic E-state index is 13.0. The molecule has 2 heterocycles. The number of piperidine rings is 1. The van der Waals surface area contributed by atoms with Crippen LogP contribution in [-0.2, 0) is 26.1 Å². The Morgan fingerprint density at radius 3 is 2.59 bits per heavy atom. The summed E-state index contributed by atoms with van der Waals surface area (Å²) in [5.41, 5.74) is 3.31. The maximum Gasteiger partial charge on any atom is 0.243 e. The molecule has 1 aliphatic rings. The second-order valence-electron chi connectivity index (χ2n) is 7.99. The smallest absolute Gasteiger partial charge is 0.243 e. The molecule has 1 aromatic carbocycles. The number of thioether (sulfide) groups is 1. The summed E-state index contributed by atoms with van der Waals surface area (Å²) in [6.45, 7) is 8.12. The lowest BCUT2D eigenvalue weighted by Gasteiger charge is -2.26. The highest BCUT2D eigenvalue weighted by Crippen LogP contribution is 2.26. The first-order valence-corrected chi connectivity index (χ1v) is 13.2. The number of aromatic nitrogens is 2. The van der Waals surface area contributed by atoms with Gasteiger partial charge in [0, 0.05) is 38.1 Å². The minimum atomic E-state index is -3.56. The predicted octanol–water partition coefficient (Wildman–Crippen LogP) is 3.36. The Bertz CT molecular complexity index is 1060. The number of carbonyl (C=O) groups is 1. The molecular formula is C22H32N4O4S2. The number of hydrogen-bond acceptors (Lipinski definition) is 6. The second-order valence-corrected chi connectivity index (χ2v) is 10.9. The Morgan fingerprint density at radius 2 is 1.91 bits per heavy atom. The molecule has 1 fully saturated rings. The van der Waals surface area contributed by atoms with Gasteiger partial charge in [0.25, 0.3) is 0 Å². The zero-order valence-corrected chi connectivity index (χ0v) is 20.8. The molecule has 1 aromatic heterocycles. The Labute approximate surface area is 194 Å². The number of benzene rings is 1. The topological polar surface area (TPSA) is 93.5 Å². The summed E-state index contributed by atoms with van der Waals surface area (Å²) >= 11 is 1.36. The van der Waals surface area contributed by atoms with Gasteiger partial charge in [-0.2, -0.15) is 4.31 Å². The van der Waals surface area contributed by atoms with Crippen molar-refractivity contribution in [3.8, 4) is 0 Å². The first-order valence-electron chi connectivity index (χ1n) is 10.8. The Balaban J connectivity index is 1.69. The van der Waals surface area contributed by atoms with E-state index in [0.717, 1.165) is 41.4 Å². The molecule has 0 atom stereocenters. The number of hydrogen-bond donors (Lipinski definition) is 1. The quantitative estimate of drug-likeness (QED) is 0.553. The van der Waals surface area contributed by atoms with Crippen LogP contribution in [-0.4, -0.2) is 60.7 Å². The third-order valence-electron chi connectivity index (χ3n) is 5.71. The zero-order valence-electron chi connectivity index (χ0n) is 19.2. The molecule has 0 spiro atoms. The molecule has 8 nitrogen and oxygen atoms in total. The van der Waals surface area contributed by atoms with Crippen molar-refractivity contribution in [2.24, 2.45) is 0 Å². The highest BCUT2D eigenvalue weighted by Gasteiger charge is 2.26. The standard InChI is InChI=1S/C22H32N4O4S2/c1-16-8-9-19(32(28,29)25-10-6-5-7-11-25)14-20(16)24-21(27)15-31-22-23-17(2)18(3)26(22)12-13-30-4/h8-9,14H,5-7,10-13,15H2,1-4H3,(H,24,27). The van der Waals surface area contributed by atoms with Crippen molar-refractivity contribution in [1.29, 1.82) is 0 Å². The number of nitrogens with one attached hydrogen (secondary N) is 1. The molecule has 1 amide bonds. The van der Waals surface area contributed by atoms with E-state index in [1.165, 1.54) is 16.1 Å². The Morgan fingerprint density at radius 1 is 1.19 bits per heavy atom. The van der Waals surface area contributed by atoms with Crippen LogP contribution < -0.4 is 5.32 Å². The van der Waals surface area contributed by atoms with E-state index >= 15 is 0 Å². The number of imidazole rings is 1. The van der Waals surface area contributed by atoms with Crippen molar-refractivity contribution < 1.29 is 17.9 Å². The largest absolute Gasteiger partial charge is 0.383 e. The van der Waals surface area contributed by atoms with E-state index in [1.807, 2.05) is 25.3 Å². The van der Waals surface area contributed by atoms with Crippen molar-refractivity contribution in [2.75, 3.05) is 37.9 Å². The minimum Gasteiger partial charge on any atom is -0.383 e. The zero-order chi connectivity index (χ0) is 23.3. The van der Waals surface area contributed by atoms with Gasteiger partial charge in [0.05, 0.1) is 22.9 Å². The third kappa shape index (κ3) is 5.72. The molecule has 1 saturated heterocycles. The molecule has 0 bridgehead atoms. The SMILES string of the molecule is COCCn1c(SCC(=O)Nc2cc(S(=O)(=O)N3CCCCC3)ccc2C)nc(C)c1C. The van der Waals surface area contributed by atoms with Crippen molar-refractivity contribution in [3.05, 3.63) is 35.2 Å². The van der Waals surface area contributed by atoms with Crippen LogP contribution in [0.5, 0.6) is 0 Å². The second kappa shape index (κ2) is 10.8. The highest BCUT2D eigenvalue weighted by atomic mass is 32.2. The summed E-state index contributed by atoms with van der Waals surface area (Å²) in [4.78, 5) is 17.4. The molecule has 0 aliphatic carbocycles. The van der Waals surface area contributed by atoms with Gasteiger partial charge < -0.3 is 14.6 Å². The molecule has 1 N–H and O–H groups in total. The summed E-state index contributed by atoms with van der Waals surface area (Å²) in [6, 6.07) is 4.92. The molecule has 0 radical (unpaired) electrons.